The smallest absolute Gasteiger partial charge is 0.408 e. The number of carbonyl (C=O) groups excluding carboxylic acids is 3. The third-order valence-corrected chi connectivity index (χ3v) is 3.67. The quantitative estimate of drug-likeness (QED) is 0.617. The van der Waals surface area contributed by atoms with Crippen molar-refractivity contribution in [1.29, 1.82) is 0 Å². The maximum absolute atomic E-state index is 12.2. The molecule has 0 fully saturated rings. The summed E-state index contributed by atoms with van der Waals surface area (Å²) in [4.78, 5) is 35.8. The Morgan fingerprint density at radius 2 is 1.53 bits per heavy atom. The first-order valence-electron chi connectivity index (χ1n) is 9.52. The van der Waals surface area contributed by atoms with Gasteiger partial charge in [-0.25, -0.2) is 4.79 Å². The summed E-state index contributed by atoms with van der Waals surface area (Å²) in [6.45, 7) is 5.05. The van der Waals surface area contributed by atoms with Gasteiger partial charge < -0.3 is 25.4 Å². The number of amides is 3. The lowest BCUT2D eigenvalue weighted by Crippen LogP contribution is -2.39. The highest BCUT2D eigenvalue weighted by molar-refractivity contribution is 5.92. The van der Waals surface area contributed by atoms with Gasteiger partial charge in [0.15, 0.2) is 6.61 Å². The Morgan fingerprint density at radius 3 is 2.23 bits per heavy atom. The molecule has 0 aliphatic carbocycles. The summed E-state index contributed by atoms with van der Waals surface area (Å²) in [6, 6.07) is 16.1. The summed E-state index contributed by atoms with van der Waals surface area (Å²) >= 11 is 0. The fourth-order valence-corrected chi connectivity index (χ4v) is 2.37. The van der Waals surface area contributed by atoms with Gasteiger partial charge in [-0.2, -0.15) is 0 Å². The Hall–Kier alpha value is -3.55. The lowest BCUT2D eigenvalue weighted by molar-refractivity contribution is -0.120. The average Bonchev–Trinajstić information content (AvgIpc) is 2.69. The molecule has 3 N–H and O–H groups in total. The number of para-hydroxylation sites is 2. The van der Waals surface area contributed by atoms with E-state index in [0.29, 0.717) is 11.4 Å². The summed E-state index contributed by atoms with van der Waals surface area (Å²) in [5, 5.41) is 7.87. The van der Waals surface area contributed by atoms with Crippen molar-refractivity contribution in [1.82, 2.24) is 10.6 Å². The lowest BCUT2D eigenvalue weighted by Gasteiger charge is -2.19. The molecule has 0 heterocycles. The van der Waals surface area contributed by atoms with Gasteiger partial charge >= 0.3 is 6.09 Å². The van der Waals surface area contributed by atoms with Gasteiger partial charge in [0.1, 0.15) is 17.9 Å². The number of carbonyl (C=O) groups is 3. The SMILES string of the molecule is CC(C)(C)OC(=O)NCC(=O)NCc1ccccc1NC(=O)COc1ccccc1. The molecule has 0 unspecified atom stereocenters. The van der Waals surface area contributed by atoms with Crippen molar-refractivity contribution in [2.75, 3.05) is 18.5 Å². The first-order chi connectivity index (χ1) is 14.2. The molecule has 160 valence electrons. The van der Waals surface area contributed by atoms with Gasteiger partial charge in [0, 0.05) is 12.2 Å². The van der Waals surface area contributed by atoms with Crippen LogP contribution in [0.5, 0.6) is 5.75 Å². The summed E-state index contributed by atoms with van der Waals surface area (Å²) < 4.78 is 10.5. The summed E-state index contributed by atoms with van der Waals surface area (Å²) in [6.07, 6.45) is -0.663. The van der Waals surface area contributed by atoms with E-state index in [2.05, 4.69) is 16.0 Å². The van der Waals surface area contributed by atoms with Crippen LogP contribution in [0, 0.1) is 0 Å². The van der Waals surface area contributed by atoms with Crippen LogP contribution in [0.4, 0.5) is 10.5 Å². The molecule has 3 amide bonds. The van der Waals surface area contributed by atoms with Crippen molar-refractivity contribution < 1.29 is 23.9 Å². The van der Waals surface area contributed by atoms with Gasteiger partial charge in [0.05, 0.1) is 0 Å². The topological polar surface area (TPSA) is 106 Å². The fraction of sp³-hybridized carbons (Fsp3) is 0.318. The number of benzene rings is 2. The van der Waals surface area contributed by atoms with Crippen molar-refractivity contribution >= 4 is 23.6 Å². The first-order valence-corrected chi connectivity index (χ1v) is 9.52. The summed E-state index contributed by atoms with van der Waals surface area (Å²) in [5.74, 6) is -0.0932. The Morgan fingerprint density at radius 1 is 0.867 bits per heavy atom. The molecular formula is C22H27N3O5. The van der Waals surface area contributed by atoms with E-state index >= 15 is 0 Å². The van der Waals surface area contributed by atoms with Crippen LogP contribution in [0.1, 0.15) is 26.3 Å². The Kier molecular flexibility index (Phi) is 8.22. The second kappa shape index (κ2) is 10.8. The molecule has 30 heavy (non-hydrogen) atoms. The molecule has 0 aromatic heterocycles. The van der Waals surface area contributed by atoms with E-state index in [1.807, 2.05) is 18.2 Å². The molecule has 2 aromatic rings. The minimum Gasteiger partial charge on any atom is -0.484 e. The molecule has 0 bridgehead atoms. The minimum atomic E-state index is -0.663. The molecule has 0 aliphatic heterocycles. The Bertz CT molecular complexity index is 863. The second-order valence-electron chi connectivity index (χ2n) is 7.44. The molecule has 8 nitrogen and oxygen atoms in total. The summed E-state index contributed by atoms with van der Waals surface area (Å²) in [7, 11) is 0. The highest BCUT2D eigenvalue weighted by Crippen LogP contribution is 2.15. The largest absolute Gasteiger partial charge is 0.484 e. The van der Waals surface area contributed by atoms with E-state index in [4.69, 9.17) is 9.47 Å². The molecule has 0 saturated carbocycles. The van der Waals surface area contributed by atoms with E-state index in [1.165, 1.54) is 0 Å². The van der Waals surface area contributed by atoms with Crippen molar-refractivity contribution in [2.24, 2.45) is 0 Å². The first kappa shape index (κ1) is 22.7. The third kappa shape index (κ3) is 8.64. The van der Waals surface area contributed by atoms with Gasteiger partial charge in [-0.3, -0.25) is 9.59 Å². The Labute approximate surface area is 175 Å². The highest BCUT2D eigenvalue weighted by atomic mass is 16.6. The number of hydrogen-bond donors (Lipinski definition) is 3. The predicted octanol–water partition coefficient (Wildman–Crippen LogP) is 2.85. The zero-order valence-electron chi connectivity index (χ0n) is 17.4. The number of alkyl carbamates (subject to hydrolysis) is 1. The van der Waals surface area contributed by atoms with Crippen LogP contribution in [0.3, 0.4) is 0 Å². The van der Waals surface area contributed by atoms with Crippen LogP contribution >= 0.6 is 0 Å². The van der Waals surface area contributed by atoms with Crippen molar-refractivity contribution in [3.05, 3.63) is 60.2 Å². The van der Waals surface area contributed by atoms with Gasteiger partial charge in [-0.05, 0) is 44.5 Å². The molecule has 0 spiro atoms. The van der Waals surface area contributed by atoms with Crippen molar-refractivity contribution in [3.63, 3.8) is 0 Å². The number of nitrogens with one attached hydrogen (secondary N) is 3. The van der Waals surface area contributed by atoms with E-state index in [0.717, 1.165) is 5.56 Å². The second-order valence-corrected chi connectivity index (χ2v) is 7.44. The fourth-order valence-electron chi connectivity index (χ4n) is 2.37. The monoisotopic (exact) mass is 413 g/mol. The number of anilines is 1. The zero-order valence-corrected chi connectivity index (χ0v) is 17.4. The minimum absolute atomic E-state index is 0.134. The van der Waals surface area contributed by atoms with E-state index < -0.39 is 11.7 Å². The van der Waals surface area contributed by atoms with Crippen molar-refractivity contribution in [2.45, 2.75) is 32.9 Å². The van der Waals surface area contributed by atoms with Crippen LogP contribution in [0.25, 0.3) is 0 Å². The molecular weight excluding hydrogens is 386 g/mol. The molecule has 0 saturated heterocycles. The van der Waals surface area contributed by atoms with Crippen LogP contribution in [0.15, 0.2) is 54.6 Å². The molecule has 0 atom stereocenters. The zero-order chi connectivity index (χ0) is 22.0. The van der Waals surface area contributed by atoms with Gasteiger partial charge in [-0.15, -0.1) is 0 Å². The maximum atomic E-state index is 12.2. The van der Waals surface area contributed by atoms with E-state index in [-0.39, 0.29) is 31.5 Å². The third-order valence-electron chi connectivity index (χ3n) is 3.67. The average molecular weight is 413 g/mol. The van der Waals surface area contributed by atoms with Crippen LogP contribution < -0.4 is 20.7 Å². The van der Waals surface area contributed by atoms with Crippen LogP contribution in [-0.2, 0) is 20.9 Å². The van der Waals surface area contributed by atoms with E-state index in [9.17, 15) is 14.4 Å². The number of ether oxygens (including phenoxy) is 2. The predicted molar refractivity (Wildman–Crippen MR) is 113 cm³/mol. The van der Waals surface area contributed by atoms with Crippen LogP contribution in [-0.4, -0.2) is 36.7 Å². The maximum Gasteiger partial charge on any atom is 0.408 e. The normalized spacial score (nSPS) is 10.6. The van der Waals surface area contributed by atoms with Gasteiger partial charge in [-0.1, -0.05) is 36.4 Å². The van der Waals surface area contributed by atoms with Gasteiger partial charge in [0.25, 0.3) is 5.91 Å². The summed E-state index contributed by atoms with van der Waals surface area (Å²) in [5.41, 5.74) is 0.651. The highest BCUT2D eigenvalue weighted by Gasteiger charge is 2.16. The molecule has 0 aliphatic rings. The van der Waals surface area contributed by atoms with E-state index in [1.54, 1.807) is 57.2 Å². The standard InChI is InChI=1S/C22H27N3O5/c1-22(2,3)30-21(28)24-14-19(26)23-13-16-9-7-8-12-18(16)25-20(27)15-29-17-10-5-4-6-11-17/h4-12H,13-15H2,1-3H3,(H,23,26)(H,24,28)(H,25,27). The molecule has 2 aromatic carbocycles. The van der Waals surface area contributed by atoms with Gasteiger partial charge in [0.2, 0.25) is 5.91 Å². The molecule has 0 radical (unpaired) electrons. The Balaban J connectivity index is 1.81. The molecule has 2 rings (SSSR count). The van der Waals surface area contributed by atoms with Crippen molar-refractivity contribution in [3.8, 4) is 5.75 Å². The number of hydrogen-bond acceptors (Lipinski definition) is 5. The number of rotatable bonds is 8. The molecule has 8 heteroatoms. The van der Waals surface area contributed by atoms with Crippen LogP contribution in [0.2, 0.25) is 0 Å². The lowest BCUT2D eigenvalue weighted by atomic mass is 10.1.